The third-order valence-electron chi connectivity index (χ3n) is 3.59. The second kappa shape index (κ2) is 6.30. The van der Waals surface area contributed by atoms with E-state index in [0.29, 0.717) is 12.8 Å². The lowest BCUT2D eigenvalue weighted by molar-refractivity contribution is -0.122. The van der Waals surface area contributed by atoms with Crippen LogP contribution in [-0.2, 0) is 4.79 Å². The molecule has 0 spiro atoms. The number of nitriles is 1. The fraction of sp³-hybridized carbons (Fsp3) is 0.714. The van der Waals surface area contributed by atoms with Crippen LogP contribution in [0.4, 0.5) is 0 Å². The Morgan fingerprint density at radius 1 is 1.59 bits per heavy atom. The van der Waals surface area contributed by atoms with Gasteiger partial charge in [0.05, 0.1) is 6.07 Å². The van der Waals surface area contributed by atoms with Crippen LogP contribution in [0.15, 0.2) is 0 Å². The van der Waals surface area contributed by atoms with Crippen molar-refractivity contribution in [2.45, 2.75) is 57.4 Å². The molecule has 0 heterocycles. The Morgan fingerprint density at radius 2 is 2.35 bits per heavy atom. The quantitative estimate of drug-likeness (QED) is 0.584. The van der Waals surface area contributed by atoms with Crippen LogP contribution < -0.4 is 5.32 Å². The summed E-state index contributed by atoms with van der Waals surface area (Å²) in [5.74, 6) is 2.79. The molecule has 2 atom stereocenters. The molecule has 0 aromatic heterocycles. The zero-order valence-corrected chi connectivity index (χ0v) is 10.5. The van der Waals surface area contributed by atoms with E-state index < -0.39 is 5.54 Å². The SMILES string of the molecule is C#CCCCCC(=O)N[C@]1(C#N)CCC[C@H]1C. The molecule has 1 saturated carbocycles. The van der Waals surface area contributed by atoms with Gasteiger partial charge in [-0.25, -0.2) is 0 Å². The molecular weight excluding hydrogens is 212 g/mol. The summed E-state index contributed by atoms with van der Waals surface area (Å²) in [7, 11) is 0. The first-order chi connectivity index (χ1) is 8.14. The Bertz CT molecular complexity index is 350. The minimum atomic E-state index is -0.622. The van der Waals surface area contributed by atoms with Crippen LogP contribution in [0.2, 0.25) is 0 Å². The summed E-state index contributed by atoms with van der Waals surface area (Å²) in [6.07, 6.45) is 10.8. The number of nitrogens with one attached hydrogen (secondary N) is 1. The second-order valence-electron chi connectivity index (χ2n) is 4.84. The second-order valence-corrected chi connectivity index (χ2v) is 4.84. The maximum atomic E-state index is 11.8. The number of nitrogens with zero attached hydrogens (tertiary/aromatic N) is 1. The summed E-state index contributed by atoms with van der Waals surface area (Å²) in [5.41, 5.74) is -0.622. The van der Waals surface area contributed by atoms with Crippen molar-refractivity contribution < 1.29 is 4.79 Å². The molecule has 1 fully saturated rings. The number of hydrogen-bond acceptors (Lipinski definition) is 2. The first-order valence-electron chi connectivity index (χ1n) is 6.30. The minimum Gasteiger partial charge on any atom is -0.338 e. The van der Waals surface area contributed by atoms with E-state index in [2.05, 4.69) is 17.3 Å². The van der Waals surface area contributed by atoms with E-state index in [1.807, 2.05) is 6.92 Å². The van der Waals surface area contributed by atoms with Crippen LogP contribution in [0.1, 0.15) is 51.9 Å². The number of rotatable bonds is 5. The van der Waals surface area contributed by atoms with E-state index in [0.717, 1.165) is 32.1 Å². The predicted octanol–water partition coefficient (Wildman–Crippen LogP) is 2.38. The van der Waals surface area contributed by atoms with Gasteiger partial charge in [-0.1, -0.05) is 6.92 Å². The fourth-order valence-corrected chi connectivity index (χ4v) is 2.38. The first-order valence-corrected chi connectivity index (χ1v) is 6.30. The molecule has 0 aliphatic heterocycles. The minimum absolute atomic E-state index is 0.0164. The number of amides is 1. The van der Waals surface area contributed by atoms with Gasteiger partial charge in [0.25, 0.3) is 0 Å². The van der Waals surface area contributed by atoms with Crippen molar-refractivity contribution >= 4 is 5.91 Å². The zero-order chi connectivity index (χ0) is 12.7. The van der Waals surface area contributed by atoms with Crippen LogP contribution in [0.5, 0.6) is 0 Å². The summed E-state index contributed by atoms with van der Waals surface area (Å²) in [5, 5.41) is 12.2. The summed E-state index contributed by atoms with van der Waals surface area (Å²) < 4.78 is 0. The lowest BCUT2D eigenvalue weighted by Gasteiger charge is -2.27. The molecule has 0 saturated heterocycles. The van der Waals surface area contributed by atoms with Crippen molar-refractivity contribution in [2.24, 2.45) is 5.92 Å². The molecule has 0 radical (unpaired) electrons. The van der Waals surface area contributed by atoms with Gasteiger partial charge in [0.1, 0.15) is 5.54 Å². The largest absolute Gasteiger partial charge is 0.338 e. The molecular formula is C14H20N2O. The average molecular weight is 232 g/mol. The van der Waals surface area contributed by atoms with E-state index in [4.69, 9.17) is 6.42 Å². The maximum Gasteiger partial charge on any atom is 0.221 e. The van der Waals surface area contributed by atoms with Crippen molar-refractivity contribution in [1.29, 1.82) is 5.26 Å². The van der Waals surface area contributed by atoms with Crippen molar-refractivity contribution in [3.63, 3.8) is 0 Å². The molecule has 0 aromatic rings. The molecule has 1 rings (SSSR count). The number of carbonyl (C=O) groups is 1. The van der Waals surface area contributed by atoms with Crippen molar-refractivity contribution in [2.75, 3.05) is 0 Å². The molecule has 3 nitrogen and oxygen atoms in total. The van der Waals surface area contributed by atoms with Gasteiger partial charge in [-0.3, -0.25) is 4.79 Å². The standard InChI is InChI=1S/C14H20N2O/c1-3-4-5-6-9-13(17)16-14(11-15)10-7-8-12(14)2/h1,12H,4-10H2,2H3,(H,16,17)/t12-,14+/m1/s1. The Balaban J connectivity index is 2.39. The smallest absolute Gasteiger partial charge is 0.221 e. The van der Waals surface area contributed by atoms with Crippen LogP contribution >= 0.6 is 0 Å². The monoisotopic (exact) mass is 232 g/mol. The number of hydrogen-bond donors (Lipinski definition) is 1. The van der Waals surface area contributed by atoms with Crippen LogP contribution in [0.3, 0.4) is 0 Å². The normalized spacial score (nSPS) is 27.1. The van der Waals surface area contributed by atoms with E-state index in [1.165, 1.54) is 0 Å². The molecule has 1 N–H and O–H groups in total. The van der Waals surface area contributed by atoms with Gasteiger partial charge in [-0.2, -0.15) is 5.26 Å². The summed E-state index contributed by atoms with van der Waals surface area (Å²) in [6.45, 7) is 2.04. The molecule has 1 amide bonds. The van der Waals surface area contributed by atoms with Crippen LogP contribution in [-0.4, -0.2) is 11.4 Å². The molecule has 1 aliphatic rings. The highest BCUT2D eigenvalue weighted by molar-refractivity contribution is 5.77. The Labute approximate surface area is 104 Å². The Kier molecular flexibility index (Phi) is 5.04. The summed E-state index contributed by atoms with van der Waals surface area (Å²) in [6, 6.07) is 2.30. The average Bonchev–Trinajstić information content (AvgIpc) is 2.67. The summed E-state index contributed by atoms with van der Waals surface area (Å²) in [4.78, 5) is 11.8. The number of terminal acetylenes is 1. The third kappa shape index (κ3) is 3.49. The highest BCUT2D eigenvalue weighted by Crippen LogP contribution is 2.34. The molecule has 3 heteroatoms. The van der Waals surface area contributed by atoms with Crippen molar-refractivity contribution in [3.05, 3.63) is 0 Å². The highest BCUT2D eigenvalue weighted by atomic mass is 16.1. The zero-order valence-electron chi connectivity index (χ0n) is 10.5. The number of unbranched alkanes of at least 4 members (excludes halogenated alkanes) is 2. The molecule has 0 bridgehead atoms. The third-order valence-corrected chi connectivity index (χ3v) is 3.59. The van der Waals surface area contributed by atoms with Gasteiger partial charge in [0, 0.05) is 12.8 Å². The predicted molar refractivity (Wildman–Crippen MR) is 66.8 cm³/mol. The van der Waals surface area contributed by atoms with Crippen LogP contribution in [0, 0.1) is 29.6 Å². The van der Waals surface area contributed by atoms with E-state index in [1.54, 1.807) is 0 Å². The van der Waals surface area contributed by atoms with Crippen molar-refractivity contribution in [1.82, 2.24) is 5.32 Å². The van der Waals surface area contributed by atoms with Crippen LogP contribution in [0.25, 0.3) is 0 Å². The molecule has 17 heavy (non-hydrogen) atoms. The van der Waals surface area contributed by atoms with Gasteiger partial charge in [0.15, 0.2) is 0 Å². The lowest BCUT2D eigenvalue weighted by atomic mass is 9.89. The van der Waals surface area contributed by atoms with Gasteiger partial charge in [-0.15, -0.1) is 12.3 Å². The Hall–Kier alpha value is -1.48. The summed E-state index contributed by atoms with van der Waals surface area (Å²) >= 11 is 0. The van der Waals surface area contributed by atoms with E-state index >= 15 is 0 Å². The first kappa shape index (κ1) is 13.6. The Morgan fingerprint density at radius 3 is 2.88 bits per heavy atom. The topological polar surface area (TPSA) is 52.9 Å². The molecule has 92 valence electrons. The van der Waals surface area contributed by atoms with Gasteiger partial charge in [0.2, 0.25) is 5.91 Å². The highest BCUT2D eigenvalue weighted by Gasteiger charge is 2.41. The van der Waals surface area contributed by atoms with Gasteiger partial charge in [-0.05, 0) is 38.0 Å². The molecule has 1 aliphatic carbocycles. The van der Waals surface area contributed by atoms with Crippen molar-refractivity contribution in [3.8, 4) is 18.4 Å². The number of carbonyl (C=O) groups excluding carboxylic acids is 1. The van der Waals surface area contributed by atoms with Gasteiger partial charge >= 0.3 is 0 Å². The molecule has 0 unspecified atom stereocenters. The maximum absolute atomic E-state index is 11.8. The van der Waals surface area contributed by atoms with Gasteiger partial charge < -0.3 is 5.32 Å². The molecule has 0 aromatic carbocycles. The van der Waals surface area contributed by atoms with E-state index in [9.17, 15) is 10.1 Å². The fourth-order valence-electron chi connectivity index (χ4n) is 2.38. The van der Waals surface area contributed by atoms with E-state index in [-0.39, 0.29) is 11.8 Å². The lowest BCUT2D eigenvalue weighted by Crippen LogP contribution is -2.49.